The van der Waals surface area contributed by atoms with Crippen molar-refractivity contribution in [2.45, 2.75) is 69.6 Å². The first-order chi connectivity index (χ1) is 22.6. The number of rotatable bonds is 15. The molecule has 48 heavy (non-hydrogen) atoms. The third-order valence-electron chi connectivity index (χ3n) is 7.41. The minimum absolute atomic E-state index is 0.0254. The van der Waals surface area contributed by atoms with Gasteiger partial charge in [-0.05, 0) is 49.1 Å². The van der Waals surface area contributed by atoms with Gasteiger partial charge in [0.15, 0.2) is 6.10 Å². The number of alkyl halides is 3. The summed E-state index contributed by atoms with van der Waals surface area (Å²) in [5.41, 5.74) is 7.83. The van der Waals surface area contributed by atoms with Gasteiger partial charge >= 0.3 is 6.18 Å². The van der Waals surface area contributed by atoms with E-state index in [9.17, 15) is 42.3 Å². The molecule has 3 aromatic rings. The molecule has 3 aromatic carbocycles. The Morgan fingerprint density at radius 3 is 1.79 bits per heavy atom. The van der Waals surface area contributed by atoms with Crippen molar-refractivity contribution >= 4 is 29.5 Å². The Morgan fingerprint density at radius 1 is 0.708 bits per heavy atom. The normalized spacial score (nSPS) is 14.4. The summed E-state index contributed by atoms with van der Waals surface area (Å²) >= 11 is 0. The summed E-state index contributed by atoms with van der Waals surface area (Å²) in [5, 5.41) is 19.3. The number of amides is 5. The van der Waals surface area contributed by atoms with Gasteiger partial charge in [-0.15, -0.1) is 0 Å². The molecule has 5 atom stereocenters. The fourth-order valence-corrected chi connectivity index (χ4v) is 4.67. The smallest absolute Gasteiger partial charge is 0.382 e. The molecule has 0 saturated heterocycles. The number of aliphatic hydroxyl groups excluding tert-OH is 1. The van der Waals surface area contributed by atoms with Gasteiger partial charge < -0.3 is 32.1 Å². The van der Waals surface area contributed by atoms with Gasteiger partial charge in [0.2, 0.25) is 23.6 Å². The van der Waals surface area contributed by atoms with E-state index in [0.29, 0.717) is 11.1 Å². The monoisotopic (exact) mass is 669 g/mol. The molecular weight excluding hydrogens is 631 g/mol. The fourth-order valence-electron chi connectivity index (χ4n) is 4.67. The van der Waals surface area contributed by atoms with Crippen LogP contribution in [-0.2, 0) is 25.6 Å². The number of benzene rings is 3. The van der Waals surface area contributed by atoms with E-state index in [1.165, 1.54) is 13.8 Å². The Kier molecular flexibility index (Phi) is 13.2. The summed E-state index contributed by atoms with van der Waals surface area (Å²) in [6.07, 6.45) is -9.27. The number of hydrogen-bond acceptors (Lipinski definition) is 6. The number of hydrogen-bond donors (Lipinski definition) is 6. The van der Waals surface area contributed by atoms with Crippen LogP contribution in [-0.4, -0.2) is 71.1 Å². The van der Waals surface area contributed by atoms with Crippen molar-refractivity contribution in [3.8, 4) is 11.1 Å². The number of halogens is 3. The summed E-state index contributed by atoms with van der Waals surface area (Å²) in [6.45, 7) is 2.63. The second-order valence-corrected chi connectivity index (χ2v) is 11.2. The number of primary amides is 1. The maximum atomic E-state index is 13.3. The van der Waals surface area contributed by atoms with Crippen LogP contribution in [0.3, 0.4) is 0 Å². The summed E-state index contributed by atoms with van der Waals surface area (Å²) < 4.78 is 39.6. The Balaban J connectivity index is 1.67. The Labute approximate surface area is 275 Å². The second-order valence-electron chi connectivity index (χ2n) is 11.2. The summed E-state index contributed by atoms with van der Waals surface area (Å²) in [7, 11) is 0. The van der Waals surface area contributed by atoms with Crippen LogP contribution in [0, 0.1) is 0 Å². The predicted octanol–water partition coefficient (Wildman–Crippen LogP) is 2.38. The lowest BCUT2D eigenvalue weighted by Crippen LogP contribution is -2.58. The molecule has 0 bridgehead atoms. The highest BCUT2D eigenvalue weighted by atomic mass is 19.4. The van der Waals surface area contributed by atoms with Gasteiger partial charge in [0, 0.05) is 18.4 Å². The summed E-state index contributed by atoms with van der Waals surface area (Å²) in [6, 6.07) is 19.2. The summed E-state index contributed by atoms with van der Waals surface area (Å²) in [4.78, 5) is 63.3. The minimum atomic E-state index is -5.11. The molecule has 256 valence electrons. The molecule has 2 unspecified atom stereocenters. The molecule has 0 radical (unpaired) electrons. The quantitative estimate of drug-likeness (QED) is 0.145. The molecular formula is C34H38F3N5O6. The molecule has 0 fully saturated rings. The van der Waals surface area contributed by atoms with Gasteiger partial charge in [-0.2, -0.15) is 13.2 Å². The zero-order valence-corrected chi connectivity index (χ0v) is 26.3. The van der Waals surface area contributed by atoms with Gasteiger partial charge in [0.25, 0.3) is 5.91 Å². The molecule has 14 heteroatoms. The van der Waals surface area contributed by atoms with E-state index >= 15 is 0 Å². The van der Waals surface area contributed by atoms with Crippen LogP contribution in [0.25, 0.3) is 11.1 Å². The topological polar surface area (TPSA) is 180 Å². The SMILES string of the molecule is C[C@H](NC(=O)c1ccc(-c2ccccc2)cc1)C(=O)N[C@@H](Cc1ccccc1)C(=O)N[C@@H](C)C(=O)NC(CCC(N)=O)C(O)C(F)(F)F. The number of nitrogens with two attached hydrogens (primary N) is 1. The van der Waals surface area contributed by atoms with Gasteiger partial charge in [-0.1, -0.05) is 72.8 Å². The van der Waals surface area contributed by atoms with E-state index in [0.717, 1.165) is 11.1 Å². The molecule has 0 aromatic heterocycles. The number of aliphatic hydroxyl groups is 1. The maximum Gasteiger partial charge on any atom is 0.416 e. The first kappa shape index (κ1) is 37.2. The molecule has 5 amide bonds. The Bertz CT molecular complexity index is 1550. The van der Waals surface area contributed by atoms with E-state index in [2.05, 4.69) is 16.0 Å². The third kappa shape index (κ3) is 11.2. The van der Waals surface area contributed by atoms with Crippen molar-refractivity contribution in [3.63, 3.8) is 0 Å². The van der Waals surface area contributed by atoms with Gasteiger partial charge in [-0.3, -0.25) is 24.0 Å². The number of carbonyl (C=O) groups excluding carboxylic acids is 5. The molecule has 0 spiro atoms. The molecule has 0 aliphatic rings. The van der Waals surface area contributed by atoms with E-state index in [1.807, 2.05) is 35.6 Å². The van der Waals surface area contributed by atoms with Crippen LogP contribution < -0.4 is 27.0 Å². The molecule has 11 nitrogen and oxygen atoms in total. The highest BCUT2D eigenvalue weighted by Gasteiger charge is 2.44. The van der Waals surface area contributed by atoms with Crippen molar-refractivity contribution in [1.29, 1.82) is 0 Å². The zero-order valence-electron chi connectivity index (χ0n) is 26.3. The minimum Gasteiger partial charge on any atom is -0.382 e. The van der Waals surface area contributed by atoms with Crippen molar-refractivity contribution < 1.29 is 42.3 Å². The average Bonchev–Trinajstić information content (AvgIpc) is 3.06. The van der Waals surface area contributed by atoms with E-state index in [4.69, 9.17) is 5.73 Å². The number of nitrogens with one attached hydrogen (secondary N) is 4. The molecule has 0 aliphatic carbocycles. The van der Waals surface area contributed by atoms with Crippen LogP contribution >= 0.6 is 0 Å². The van der Waals surface area contributed by atoms with Gasteiger partial charge in [-0.25, -0.2) is 0 Å². The standard InChI is InChI=1S/C34H38F3N5O6/c1-20(39-32(47)25-15-13-24(14-16-25)23-11-7-4-8-12-23)31(46)42-27(19-22-9-5-3-6-10-22)33(48)40-21(2)30(45)41-26(17-18-28(38)43)29(44)34(35,36)37/h3-16,20-21,26-27,29,44H,17-19H2,1-2H3,(H2,38,43)(H,39,47)(H,40,48)(H,41,45)(H,42,46)/t20-,21-,26?,27-,29?/m0/s1. The predicted molar refractivity (Wildman–Crippen MR) is 171 cm³/mol. The lowest BCUT2D eigenvalue weighted by molar-refractivity contribution is -0.212. The van der Waals surface area contributed by atoms with Gasteiger partial charge in [0.1, 0.15) is 18.1 Å². The Morgan fingerprint density at radius 2 is 1.23 bits per heavy atom. The van der Waals surface area contributed by atoms with Crippen molar-refractivity contribution in [3.05, 3.63) is 96.1 Å². The van der Waals surface area contributed by atoms with Crippen LogP contribution in [0.2, 0.25) is 0 Å². The van der Waals surface area contributed by atoms with Crippen molar-refractivity contribution in [2.75, 3.05) is 0 Å². The van der Waals surface area contributed by atoms with Crippen LogP contribution in [0.4, 0.5) is 13.2 Å². The molecule has 0 saturated carbocycles. The van der Waals surface area contributed by atoms with E-state index in [1.54, 1.807) is 54.6 Å². The van der Waals surface area contributed by atoms with Crippen molar-refractivity contribution in [1.82, 2.24) is 21.3 Å². The summed E-state index contributed by atoms with van der Waals surface area (Å²) in [5.74, 6) is -4.09. The molecule has 3 rings (SSSR count). The first-order valence-electron chi connectivity index (χ1n) is 15.1. The van der Waals surface area contributed by atoms with Crippen LogP contribution in [0.1, 0.15) is 42.6 Å². The average molecular weight is 670 g/mol. The maximum absolute atomic E-state index is 13.3. The van der Waals surface area contributed by atoms with Crippen LogP contribution in [0.5, 0.6) is 0 Å². The fraction of sp³-hybridized carbons (Fsp3) is 0.324. The second kappa shape index (κ2) is 17.1. The largest absolute Gasteiger partial charge is 0.416 e. The molecule has 7 N–H and O–H groups in total. The lowest BCUT2D eigenvalue weighted by atomic mass is 10.0. The highest BCUT2D eigenvalue weighted by molar-refractivity contribution is 5.99. The molecule has 0 heterocycles. The third-order valence-corrected chi connectivity index (χ3v) is 7.41. The van der Waals surface area contributed by atoms with E-state index in [-0.39, 0.29) is 6.42 Å². The zero-order chi connectivity index (χ0) is 35.4. The number of carbonyl (C=O) groups is 5. The van der Waals surface area contributed by atoms with Gasteiger partial charge in [0.05, 0.1) is 6.04 Å². The molecule has 0 aliphatic heterocycles. The first-order valence-corrected chi connectivity index (χ1v) is 15.1. The van der Waals surface area contributed by atoms with Crippen molar-refractivity contribution in [2.24, 2.45) is 5.73 Å². The highest BCUT2D eigenvalue weighted by Crippen LogP contribution is 2.24. The Hall–Kier alpha value is -5.24. The van der Waals surface area contributed by atoms with E-state index < -0.39 is 78.8 Å². The van der Waals surface area contributed by atoms with Crippen LogP contribution in [0.15, 0.2) is 84.9 Å². The lowest BCUT2D eigenvalue weighted by Gasteiger charge is -2.28.